The molecule has 9 heteroatoms. The summed E-state index contributed by atoms with van der Waals surface area (Å²) >= 11 is 7.48. The minimum Gasteiger partial charge on any atom is -0.480 e. The Hall–Kier alpha value is -2.94. The molecule has 1 saturated heterocycles. The highest BCUT2D eigenvalue weighted by Crippen LogP contribution is 2.28. The van der Waals surface area contributed by atoms with E-state index in [-0.39, 0.29) is 31.1 Å². The fraction of sp³-hybridized carbons (Fsp3) is 0.414. The van der Waals surface area contributed by atoms with Gasteiger partial charge in [-0.25, -0.2) is 4.79 Å². The fourth-order valence-corrected chi connectivity index (χ4v) is 6.20. The number of rotatable bonds is 12. The van der Waals surface area contributed by atoms with Crippen LogP contribution in [0.2, 0.25) is 5.02 Å². The van der Waals surface area contributed by atoms with E-state index in [2.05, 4.69) is 39.8 Å². The molecule has 1 aliphatic heterocycles. The Bertz CT molecular complexity index is 1240. The molecule has 3 aromatic rings. The second kappa shape index (κ2) is 13.7. The summed E-state index contributed by atoms with van der Waals surface area (Å²) in [5.74, 6) is -1.13. The first-order valence-electron chi connectivity index (χ1n) is 13.1. The van der Waals surface area contributed by atoms with Crippen LogP contribution in [0.25, 0.3) is 10.1 Å². The van der Waals surface area contributed by atoms with Crippen LogP contribution in [0.15, 0.2) is 54.6 Å². The van der Waals surface area contributed by atoms with Gasteiger partial charge >= 0.3 is 5.97 Å². The number of benzene rings is 2. The number of aliphatic carboxylic acids is 1. The normalized spacial score (nSPS) is 15.3. The number of nitrogens with one attached hydrogen (secondary N) is 2. The first-order valence-corrected chi connectivity index (χ1v) is 14.3. The summed E-state index contributed by atoms with van der Waals surface area (Å²) in [7, 11) is 0. The Balaban J connectivity index is 1.13. The van der Waals surface area contributed by atoms with Gasteiger partial charge in [0.25, 0.3) is 0 Å². The number of fused-ring (bicyclic) bond motifs is 1. The molecule has 0 bridgehead atoms. The van der Waals surface area contributed by atoms with Crippen molar-refractivity contribution in [2.75, 3.05) is 19.6 Å². The summed E-state index contributed by atoms with van der Waals surface area (Å²) in [6.45, 7) is 3.68. The molecule has 0 saturated carbocycles. The second-order valence-electron chi connectivity index (χ2n) is 9.91. The number of piperidine rings is 1. The van der Waals surface area contributed by atoms with Gasteiger partial charge in [0.1, 0.15) is 6.04 Å². The lowest BCUT2D eigenvalue weighted by molar-refractivity contribution is -0.142. The Morgan fingerprint density at radius 1 is 1.05 bits per heavy atom. The van der Waals surface area contributed by atoms with Crippen molar-refractivity contribution in [3.8, 4) is 0 Å². The molecule has 38 heavy (non-hydrogen) atoms. The number of amides is 2. The molecule has 2 aromatic carbocycles. The molecule has 0 radical (unpaired) electrons. The molecule has 1 fully saturated rings. The van der Waals surface area contributed by atoms with E-state index in [1.54, 1.807) is 6.07 Å². The third-order valence-electron chi connectivity index (χ3n) is 6.99. The Kier molecular flexibility index (Phi) is 10.1. The van der Waals surface area contributed by atoms with Crippen molar-refractivity contribution < 1.29 is 19.5 Å². The lowest BCUT2D eigenvalue weighted by Crippen LogP contribution is -2.42. The Labute approximate surface area is 232 Å². The third kappa shape index (κ3) is 8.55. The van der Waals surface area contributed by atoms with E-state index in [9.17, 15) is 19.5 Å². The summed E-state index contributed by atoms with van der Waals surface area (Å²) in [6.07, 6.45) is 3.33. The van der Waals surface area contributed by atoms with Crippen molar-refractivity contribution in [3.63, 3.8) is 0 Å². The van der Waals surface area contributed by atoms with Crippen LogP contribution >= 0.6 is 22.9 Å². The maximum absolute atomic E-state index is 12.5. The summed E-state index contributed by atoms with van der Waals surface area (Å²) in [4.78, 5) is 39.8. The van der Waals surface area contributed by atoms with Gasteiger partial charge in [0.2, 0.25) is 11.8 Å². The number of hydrogen-bond acceptors (Lipinski definition) is 5. The van der Waals surface area contributed by atoms with Gasteiger partial charge in [0.15, 0.2) is 0 Å². The van der Waals surface area contributed by atoms with Crippen molar-refractivity contribution in [2.24, 2.45) is 5.92 Å². The maximum Gasteiger partial charge on any atom is 0.326 e. The Morgan fingerprint density at radius 2 is 1.82 bits per heavy atom. The molecule has 202 valence electrons. The third-order valence-corrected chi connectivity index (χ3v) is 8.33. The van der Waals surface area contributed by atoms with Crippen LogP contribution in [0, 0.1) is 5.92 Å². The molecular formula is C29H34ClN3O4S. The highest BCUT2D eigenvalue weighted by molar-refractivity contribution is 7.19. The van der Waals surface area contributed by atoms with Gasteiger partial charge < -0.3 is 15.7 Å². The molecule has 3 N–H and O–H groups in total. The monoisotopic (exact) mass is 555 g/mol. The molecule has 0 aliphatic carbocycles. The number of carbonyl (C=O) groups is 3. The predicted octanol–water partition coefficient (Wildman–Crippen LogP) is 4.87. The number of likely N-dealkylation sites (tertiary alicyclic amines) is 1. The summed E-state index contributed by atoms with van der Waals surface area (Å²) in [5, 5.41) is 16.6. The minimum absolute atomic E-state index is 0.0484. The minimum atomic E-state index is -1.14. The maximum atomic E-state index is 12.5. The molecule has 0 spiro atoms. The van der Waals surface area contributed by atoms with E-state index in [0.717, 1.165) is 53.9 Å². The SMILES string of the molecule is O=C(CCC(NC(=O)Cc1cc2ccc(Cl)cc2s1)C(=O)O)NCCC1CCN(Cc2ccccc2)CC1. The van der Waals surface area contributed by atoms with Gasteiger partial charge in [-0.15, -0.1) is 11.3 Å². The van der Waals surface area contributed by atoms with Crippen LogP contribution in [0.3, 0.4) is 0 Å². The molecule has 1 atom stereocenters. The fourth-order valence-electron chi connectivity index (χ4n) is 4.86. The van der Waals surface area contributed by atoms with Crippen molar-refractivity contribution in [1.82, 2.24) is 15.5 Å². The van der Waals surface area contributed by atoms with E-state index >= 15 is 0 Å². The first-order chi connectivity index (χ1) is 18.4. The highest BCUT2D eigenvalue weighted by atomic mass is 35.5. The van der Waals surface area contributed by atoms with Crippen molar-refractivity contribution >= 4 is 50.8 Å². The summed E-state index contributed by atoms with van der Waals surface area (Å²) in [5.41, 5.74) is 1.33. The lowest BCUT2D eigenvalue weighted by Gasteiger charge is -2.32. The van der Waals surface area contributed by atoms with Crippen LogP contribution in [0.1, 0.15) is 42.5 Å². The number of carbonyl (C=O) groups excluding carboxylic acids is 2. The first kappa shape index (κ1) is 28.1. The lowest BCUT2D eigenvalue weighted by atomic mass is 9.93. The van der Waals surface area contributed by atoms with Gasteiger partial charge in [-0.1, -0.05) is 48.0 Å². The van der Waals surface area contributed by atoms with Crippen molar-refractivity contribution in [2.45, 2.75) is 51.1 Å². The number of carboxylic acid groups (broad SMARTS) is 1. The zero-order valence-corrected chi connectivity index (χ0v) is 22.9. The number of halogens is 1. The highest BCUT2D eigenvalue weighted by Gasteiger charge is 2.22. The van der Waals surface area contributed by atoms with Crippen LogP contribution in [-0.2, 0) is 27.3 Å². The van der Waals surface area contributed by atoms with Gasteiger partial charge in [-0.2, -0.15) is 0 Å². The van der Waals surface area contributed by atoms with Gasteiger partial charge in [0.05, 0.1) is 6.42 Å². The van der Waals surface area contributed by atoms with Crippen molar-refractivity contribution in [1.29, 1.82) is 0 Å². The predicted molar refractivity (Wildman–Crippen MR) is 151 cm³/mol. The standard InChI is InChI=1S/C29H34ClN3O4S/c30-23-7-6-22-16-24(38-26(22)17-23)18-28(35)32-25(29(36)37)8-9-27(34)31-13-10-20-11-14-33(15-12-20)19-21-4-2-1-3-5-21/h1-7,16-17,20,25H,8-15,18-19H2,(H,31,34)(H,32,35)(H,36,37). The zero-order chi connectivity index (χ0) is 26.9. The number of thiophene rings is 1. The number of carboxylic acids is 1. The van der Waals surface area contributed by atoms with Crippen LogP contribution in [0.4, 0.5) is 0 Å². The molecule has 4 rings (SSSR count). The van der Waals surface area contributed by atoms with Crippen LogP contribution in [-0.4, -0.2) is 53.5 Å². The van der Waals surface area contributed by atoms with Gasteiger partial charge in [0, 0.05) is 34.1 Å². The number of hydrogen-bond donors (Lipinski definition) is 3. The zero-order valence-electron chi connectivity index (χ0n) is 21.3. The van der Waals surface area contributed by atoms with Crippen molar-refractivity contribution in [3.05, 3.63) is 70.1 Å². The molecule has 1 aliphatic rings. The number of nitrogens with zero attached hydrogens (tertiary/aromatic N) is 1. The average molecular weight is 556 g/mol. The van der Waals surface area contributed by atoms with E-state index in [1.807, 2.05) is 24.3 Å². The van der Waals surface area contributed by atoms with E-state index in [1.165, 1.54) is 16.9 Å². The van der Waals surface area contributed by atoms with E-state index in [0.29, 0.717) is 17.5 Å². The van der Waals surface area contributed by atoms with Crippen LogP contribution in [0.5, 0.6) is 0 Å². The van der Waals surface area contributed by atoms with Gasteiger partial charge in [-0.05, 0) is 73.8 Å². The largest absolute Gasteiger partial charge is 0.480 e. The molecule has 2 amide bonds. The molecule has 1 unspecified atom stereocenters. The topological polar surface area (TPSA) is 98.7 Å². The van der Waals surface area contributed by atoms with Gasteiger partial charge in [-0.3, -0.25) is 14.5 Å². The quantitative estimate of drug-likeness (QED) is 0.296. The molecule has 7 nitrogen and oxygen atoms in total. The summed E-state index contributed by atoms with van der Waals surface area (Å²) < 4.78 is 0.976. The molecule has 1 aromatic heterocycles. The van der Waals surface area contributed by atoms with E-state index < -0.39 is 12.0 Å². The average Bonchev–Trinajstić information content (AvgIpc) is 3.29. The smallest absolute Gasteiger partial charge is 0.326 e. The second-order valence-corrected chi connectivity index (χ2v) is 11.5. The molecular weight excluding hydrogens is 522 g/mol. The Morgan fingerprint density at radius 3 is 2.55 bits per heavy atom. The van der Waals surface area contributed by atoms with Crippen LogP contribution < -0.4 is 10.6 Å². The van der Waals surface area contributed by atoms with E-state index in [4.69, 9.17) is 11.6 Å². The summed E-state index contributed by atoms with van der Waals surface area (Å²) in [6, 6.07) is 16.8. The molecule has 2 heterocycles.